The monoisotopic (exact) mass is 157 g/mol. The van der Waals surface area contributed by atoms with E-state index >= 15 is 0 Å². The lowest BCUT2D eigenvalue weighted by atomic mass is 9.96. The van der Waals surface area contributed by atoms with Crippen LogP contribution >= 0.6 is 0 Å². The van der Waals surface area contributed by atoms with Crippen LogP contribution < -0.4 is 5.73 Å². The van der Waals surface area contributed by atoms with E-state index in [1.54, 1.807) is 7.11 Å². The summed E-state index contributed by atoms with van der Waals surface area (Å²) in [6.07, 6.45) is 3.15. The first-order valence-corrected chi connectivity index (χ1v) is 4.04. The number of carbonyl (C=O) groups excluding carboxylic acids is 1. The van der Waals surface area contributed by atoms with Crippen molar-refractivity contribution in [2.45, 2.75) is 19.3 Å². The Morgan fingerprint density at radius 3 is 2.91 bits per heavy atom. The first kappa shape index (κ1) is 8.53. The summed E-state index contributed by atoms with van der Waals surface area (Å²) >= 11 is 0. The minimum Gasteiger partial charge on any atom is -0.384 e. The quantitative estimate of drug-likeness (QED) is 0.649. The first-order chi connectivity index (χ1) is 5.25. The van der Waals surface area contributed by atoms with Crippen molar-refractivity contribution >= 4 is 5.91 Å². The lowest BCUT2D eigenvalue weighted by Gasteiger charge is -2.14. The molecule has 0 saturated heterocycles. The molecule has 0 heterocycles. The van der Waals surface area contributed by atoms with E-state index in [1.807, 2.05) is 0 Å². The van der Waals surface area contributed by atoms with Crippen LogP contribution in [0.2, 0.25) is 0 Å². The summed E-state index contributed by atoms with van der Waals surface area (Å²) in [6, 6.07) is 0. The average Bonchev–Trinajstić information content (AvgIpc) is 2.36. The van der Waals surface area contributed by atoms with Gasteiger partial charge in [-0.05, 0) is 18.8 Å². The van der Waals surface area contributed by atoms with Gasteiger partial charge >= 0.3 is 0 Å². The second-order valence-electron chi connectivity index (χ2n) is 3.16. The molecule has 1 amide bonds. The van der Waals surface area contributed by atoms with Crippen molar-refractivity contribution in [3.63, 3.8) is 0 Å². The van der Waals surface area contributed by atoms with E-state index in [1.165, 1.54) is 0 Å². The highest BCUT2D eigenvalue weighted by atomic mass is 16.5. The minimum absolute atomic E-state index is 0.0648. The molecule has 2 atom stereocenters. The van der Waals surface area contributed by atoms with Gasteiger partial charge in [-0.15, -0.1) is 0 Å². The number of hydrogen-bond acceptors (Lipinski definition) is 2. The Morgan fingerprint density at radius 1 is 1.64 bits per heavy atom. The second kappa shape index (κ2) is 3.72. The fraction of sp³-hybridized carbons (Fsp3) is 0.875. The number of ether oxygens (including phenoxy) is 1. The third-order valence-corrected chi connectivity index (χ3v) is 2.41. The molecule has 1 aliphatic rings. The van der Waals surface area contributed by atoms with Gasteiger partial charge in [-0.3, -0.25) is 4.79 Å². The number of nitrogens with two attached hydrogens (primary N) is 1. The number of amides is 1. The van der Waals surface area contributed by atoms with E-state index in [4.69, 9.17) is 10.5 Å². The van der Waals surface area contributed by atoms with Crippen molar-refractivity contribution in [2.24, 2.45) is 17.6 Å². The number of methoxy groups -OCH3 is 1. The van der Waals surface area contributed by atoms with Crippen LogP contribution in [-0.2, 0) is 9.53 Å². The van der Waals surface area contributed by atoms with Crippen LogP contribution in [0.25, 0.3) is 0 Å². The fourth-order valence-electron chi connectivity index (χ4n) is 1.82. The number of rotatable bonds is 3. The van der Waals surface area contributed by atoms with Gasteiger partial charge in [0.05, 0.1) is 0 Å². The highest BCUT2D eigenvalue weighted by Crippen LogP contribution is 2.31. The van der Waals surface area contributed by atoms with Gasteiger partial charge in [-0.2, -0.15) is 0 Å². The van der Waals surface area contributed by atoms with Gasteiger partial charge in [-0.1, -0.05) is 6.42 Å². The highest BCUT2D eigenvalue weighted by Gasteiger charge is 2.30. The fourth-order valence-corrected chi connectivity index (χ4v) is 1.82. The predicted octanol–water partition coefficient (Wildman–Crippen LogP) is 0.534. The molecule has 2 unspecified atom stereocenters. The topological polar surface area (TPSA) is 52.3 Å². The molecular formula is C8H15NO2. The van der Waals surface area contributed by atoms with E-state index < -0.39 is 0 Å². The minimum atomic E-state index is -0.162. The van der Waals surface area contributed by atoms with Crippen molar-refractivity contribution in [1.82, 2.24) is 0 Å². The molecule has 0 aromatic heterocycles. The van der Waals surface area contributed by atoms with Crippen molar-refractivity contribution in [2.75, 3.05) is 13.7 Å². The summed E-state index contributed by atoms with van der Waals surface area (Å²) in [5.41, 5.74) is 5.22. The van der Waals surface area contributed by atoms with Crippen molar-refractivity contribution in [3.8, 4) is 0 Å². The van der Waals surface area contributed by atoms with Crippen molar-refractivity contribution in [1.29, 1.82) is 0 Å². The van der Waals surface area contributed by atoms with E-state index in [9.17, 15) is 4.79 Å². The third kappa shape index (κ3) is 1.93. The standard InChI is InChI=1S/C8H15NO2/c1-11-5-6-3-2-4-7(6)8(9)10/h6-7H,2-5H2,1H3,(H2,9,10). The molecule has 3 nitrogen and oxygen atoms in total. The summed E-state index contributed by atoms with van der Waals surface area (Å²) in [7, 11) is 1.66. The van der Waals surface area contributed by atoms with Gasteiger partial charge in [0.25, 0.3) is 0 Å². The summed E-state index contributed by atoms with van der Waals surface area (Å²) in [5, 5.41) is 0. The Hall–Kier alpha value is -0.570. The zero-order valence-electron chi connectivity index (χ0n) is 6.88. The number of hydrogen-bond donors (Lipinski definition) is 1. The molecule has 1 saturated carbocycles. The molecule has 1 aliphatic carbocycles. The lowest BCUT2D eigenvalue weighted by Crippen LogP contribution is -2.28. The Kier molecular flexibility index (Phi) is 2.88. The maximum atomic E-state index is 10.9. The van der Waals surface area contributed by atoms with Crippen LogP contribution in [0, 0.1) is 11.8 Å². The SMILES string of the molecule is COCC1CCCC1C(N)=O. The molecule has 1 rings (SSSR count). The Balaban J connectivity index is 2.44. The summed E-state index contributed by atoms with van der Waals surface area (Å²) in [4.78, 5) is 10.9. The maximum absolute atomic E-state index is 10.9. The van der Waals surface area contributed by atoms with E-state index in [0.717, 1.165) is 19.3 Å². The molecular weight excluding hydrogens is 142 g/mol. The molecule has 1 fully saturated rings. The largest absolute Gasteiger partial charge is 0.384 e. The highest BCUT2D eigenvalue weighted by molar-refractivity contribution is 5.77. The molecule has 0 radical (unpaired) electrons. The van der Waals surface area contributed by atoms with Crippen molar-refractivity contribution < 1.29 is 9.53 Å². The average molecular weight is 157 g/mol. The van der Waals surface area contributed by atoms with Crippen LogP contribution in [0.5, 0.6) is 0 Å². The zero-order chi connectivity index (χ0) is 8.27. The molecule has 11 heavy (non-hydrogen) atoms. The van der Waals surface area contributed by atoms with Crippen LogP contribution in [0.1, 0.15) is 19.3 Å². The lowest BCUT2D eigenvalue weighted by molar-refractivity contribution is -0.123. The Labute approximate surface area is 66.9 Å². The molecule has 3 heteroatoms. The Bertz CT molecular complexity index is 147. The van der Waals surface area contributed by atoms with Crippen LogP contribution in [0.4, 0.5) is 0 Å². The first-order valence-electron chi connectivity index (χ1n) is 4.04. The van der Waals surface area contributed by atoms with Gasteiger partial charge in [0.2, 0.25) is 5.91 Å². The number of primary amides is 1. The summed E-state index contributed by atoms with van der Waals surface area (Å²) < 4.78 is 5.00. The molecule has 0 aromatic rings. The molecule has 2 N–H and O–H groups in total. The van der Waals surface area contributed by atoms with Gasteiger partial charge in [-0.25, -0.2) is 0 Å². The van der Waals surface area contributed by atoms with E-state index in [2.05, 4.69) is 0 Å². The normalized spacial score (nSPS) is 30.6. The Morgan fingerprint density at radius 2 is 2.36 bits per heavy atom. The van der Waals surface area contributed by atoms with Crippen molar-refractivity contribution in [3.05, 3.63) is 0 Å². The maximum Gasteiger partial charge on any atom is 0.220 e. The van der Waals surface area contributed by atoms with Crippen LogP contribution in [0.3, 0.4) is 0 Å². The van der Waals surface area contributed by atoms with Crippen LogP contribution in [0.15, 0.2) is 0 Å². The van der Waals surface area contributed by atoms with Gasteiger partial charge in [0, 0.05) is 19.6 Å². The van der Waals surface area contributed by atoms with Crippen LogP contribution in [-0.4, -0.2) is 19.6 Å². The van der Waals surface area contributed by atoms with Gasteiger partial charge in [0.15, 0.2) is 0 Å². The zero-order valence-corrected chi connectivity index (χ0v) is 6.88. The van der Waals surface area contributed by atoms with Gasteiger partial charge < -0.3 is 10.5 Å². The molecule has 0 bridgehead atoms. The van der Waals surface area contributed by atoms with E-state index in [-0.39, 0.29) is 11.8 Å². The molecule has 64 valence electrons. The van der Waals surface area contributed by atoms with Gasteiger partial charge in [0.1, 0.15) is 0 Å². The molecule has 0 spiro atoms. The summed E-state index contributed by atoms with van der Waals surface area (Å²) in [6.45, 7) is 0.674. The predicted molar refractivity (Wildman–Crippen MR) is 41.9 cm³/mol. The second-order valence-corrected chi connectivity index (χ2v) is 3.16. The molecule has 0 aliphatic heterocycles. The number of carbonyl (C=O) groups is 1. The smallest absolute Gasteiger partial charge is 0.220 e. The summed E-state index contributed by atoms with van der Waals surface area (Å²) in [5.74, 6) is 0.275. The third-order valence-electron chi connectivity index (χ3n) is 2.41. The van der Waals surface area contributed by atoms with E-state index in [0.29, 0.717) is 12.5 Å². The molecule has 0 aromatic carbocycles.